The van der Waals surface area contributed by atoms with Gasteiger partial charge in [-0.3, -0.25) is 9.59 Å². The Labute approximate surface area is 156 Å². The first kappa shape index (κ1) is 19.7. The molecule has 0 aliphatic carbocycles. The van der Waals surface area contributed by atoms with Crippen LogP contribution in [0.4, 0.5) is 16.6 Å². The van der Waals surface area contributed by atoms with E-state index in [2.05, 4.69) is 25.0 Å². The van der Waals surface area contributed by atoms with Crippen LogP contribution in [0.3, 0.4) is 0 Å². The Morgan fingerprint density at radius 1 is 1.38 bits per heavy atom. The van der Waals surface area contributed by atoms with Crippen molar-refractivity contribution in [2.75, 3.05) is 22.6 Å². The summed E-state index contributed by atoms with van der Waals surface area (Å²) in [5.41, 5.74) is 11.5. The van der Waals surface area contributed by atoms with Gasteiger partial charge >= 0.3 is 0 Å². The van der Waals surface area contributed by atoms with E-state index in [0.29, 0.717) is 10.8 Å². The van der Waals surface area contributed by atoms with Crippen LogP contribution in [0, 0.1) is 6.92 Å². The molecule has 12 heteroatoms. The summed E-state index contributed by atoms with van der Waals surface area (Å²) in [6.07, 6.45) is 3.15. The lowest BCUT2D eigenvalue weighted by Crippen LogP contribution is -2.37. The monoisotopic (exact) mass is 398 g/mol. The third kappa shape index (κ3) is 5.46. The lowest BCUT2D eigenvalue weighted by Gasteiger charge is -2.15. The number of aromatic nitrogens is 3. The predicted molar refractivity (Wildman–Crippen MR) is 102 cm³/mol. The van der Waals surface area contributed by atoms with E-state index in [4.69, 9.17) is 11.5 Å². The molecule has 2 aromatic heterocycles. The zero-order valence-corrected chi connectivity index (χ0v) is 15.9. The van der Waals surface area contributed by atoms with Crippen LogP contribution in [0.15, 0.2) is 12.3 Å². The van der Waals surface area contributed by atoms with E-state index < -0.39 is 28.7 Å². The number of nitrogens with zero attached hydrogens (tertiary/aromatic N) is 3. The average Bonchev–Trinajstić information content (AvgIpc) is 2.95. The number of nitrogens with two attached hydrogens (primary N) is 2. The topological polar surface area (TPSA) is 166 Å². The number of carbonyl (C=O) groups is 2. The second-order valence-electron chi connectivity index (χ2n) is 5.51. The Kier molecular flexibility index (Phi) is 6.58. The standard InChI is InChI=1S/C14H19N7O3S2/c1-7-5-10(25-21-7)20-14-11(13(16)23)17-6-9(19-14)18-8(12(15)22)3-4-26(2)24/h5-6,8H,3-4H2,1-2H3,(H2,15,22)(H2,16,23)(H2,18,19,20)/p+1. The van der Waals surface area contributed by atoms with Gasteiger partial charge in [0.2, 0.25) is 5.91 Å². The number of nitrogens with one attached hydrogen (secondary N) is 2. The van der Waals surface area contributed by atoms with Crippen molar-refractivity contribution in [3.8, 4) is 0 Å². The van der Waals surface area contributed by atoms with Crippen molar-refractivity contribution in [2.45, 2.75) is 19.4 Å². The largest absolute Gasteiger partial charge is 0.368 e. The fourth-order valence-electron chi connectivity index (χ4n) is 2.04. The van der Waals surface area contributed by atoms with Gasteiger partial charge in [0.15, 0.2) is 11.5 Å². The zero-order valence-electron chi connectivity index (χ0n) is 14.2. The quantitative estimate of drug-likeness (QED) is 0.340. The Morgan fingerprint density at radius 2 is 2.12 bits per heavy atom. The number of primary amides is 2. The molecule has 26 heavy (non-hydrogen) atoms. The lowest BCUT2D eigenvalue weighted by molar-refractivity contribution is -0.118. The number of hydrogen-bond acceptors (Lipinski definition) is 9. The van der Waals surface area contributed by atoms with E-state index in [1.165, 1.54) is 17.7 Å². The highest BCUT2D eigenvalue weighted by molar-refractivity contribution is 7.84. The first-order chi connectivity index (χ1) is 12.3. The van der Waals surface area contributed by atoms with Crippen molar-refractivity contribution >= 4 is 50.8 Å². The van der Waals surface area contributed by atoms with Crippen molar-refractivity contribution in [2.24, 2.45) is 11.5 Å². The average molecular weight is 398 g/mol. The fourth-order valence-corrected chi connectivity index (χ4v) is 3.32. The molecule has 2 atom stereocenters. The Hall–Kier alpha value is -2.60. The molecular formula is C14H20N7O3S2+. The first-order valence-electron chi connectivity index (χ1n) is 7.57. The third-order valence-electron chi connectivity index (χ3n) is 3.27. The number of amides is 2. The molecule has 0 fully saturated rings. The van der Waals surface area contributed by atoms with Crippen molar-refractivity contribution in [1.29, 1.82) is 0 Å². The van der Waals surface area contributed by atoms with Gasteiger partial charge in [-0.15, -0.1) is 4.21 Å². The molecule has 140 valence electrons. The molecule has 0 saturated heterocycles. The number of hydrogen-bond donors (Lipinski definition) is 4. The maximum Gasteiger partial charge on any atom is 0.271 e. The Balaban J connectivity index is 2.25. The van der Waals surface area contributed by atoms with Crippen molar-refractivity contribution in [1.82, 2.24) is 14.3 Å². The summed E-state index contributed by atoms with van der Waals surface area (Å²) in [4.78, 5) is 31.4. The highest BCUT2D eigenvalue weighted by atomic mass is 32.2. The second kappa shape index (κ2) is 8.67. The van der Waals surface area contributed by atoms with Crippen LogP contribution in [0.2, 0.25) is 0 Å². The summed E-state index contributed by atoms with van der Waals surface area (Å²) in [5.74, 6) is -0.643. The van der Waals surface area contributed by atoms with Gasteiger partial charge in [-0.2, -0.15) is 4.37 Å². The molecule has 0 saturated carbocycles. The van der Waals surface area contributed by atoms with Gasteiger partial charge in [-0.05, 0) is 24.5 Å². The molecule has 0 aliphatic rings. The van der Waals surface area contributed by atoms with Crippen LogP contribution in [0.5, 0.6) is 0 Å². The maximum atomic E-state index is 11.6. The number of anilines is 3. The SMILES string of the molecule is Cc1cc(Nc2nc(NC(CC[SH+](C)=O)C(N)=O)cnc2C(N)=O)sn1. The minimum absolute atomic E-state index is 0.0473. The normalized spacial score (nSPS) is 13.0. The highest BCUT2D eigenvalue weighted by Crippen LogP contribution is 2.23. The molecular weight excluding hydrogens is 378 g/mol. The third-order valence-corrected chi connectivity index (χ3v) is 4.96. The zero-order chi connectivity index (χ0) is 19.3. The molecule has 6 N–H and O–H groups in total. The molecule has 2 aromatic rings. The van der Waals surface area contributed by atoms with E-state index in [9.17, 15) is 13.8 Å². The molecule has 0 spiro atoms. The second-order valence-corrected chi connectivity index (χ2v) is 8.02. The summed E-state index contributed by atoms with van der Waals surface area (Å²) in [6.45, 7) is 1.83. The minimum atomic E-state index is -1.40. The van der Waals surface area contributed by atoms with Gasteiger partial charge in [0.25, 0.3) is 5.91 Å². The number of thiol groups is 1. The van der Waals surface area contributed by atoms with Crippen LogP contribution in [-0.4, -0.2) is 44.2 Å². The van der Waals surface area contributed by atoms with Crippen LogP contribution in [0.1, 0.15) is 22.6 Å². The van der Waals surface area contributed by atoms with Crippen molar-refractivity contribution < 1.29 is 13.8 Å². The van der Waals surface area contributed by atoms with Gasteiger partial charge in [0.05, 0.1) is 28.9 Å². The fraction of sp³-hybridized carbons (Fsp3) is 0.357. The number of carbonyl (C=O) groups excluding carboxylic acids is 2. The van der Waals surface area contributed by atoms with Crippen molar-refractivity contribution in [3.05, 3.63) is 23.7 Å². The van der Waals surface area contributed by atoms with E-state index in [0.717, 1.165) is 5.69 Å². The van der Waals surface area contributed by atoms with Crippen molar-refractivity contribution in [3.63, 3.8) is 0 Å². The van der Waals surface area contributed by atoms with Gasteiger partial charge in [0, 0.05) is 6.42 Å². The molecule has 0 aliphatic heterocycles. The summed E-state index contributed by atoms with van der Waals surface area (Å²) in [7, 11) is -1.40. The van der Waals surface area contributed by atoms with E-state index >= 15 is 0 Å². The summed E-state index contributed by atoms with van der Waals surface area (Å²) < 4.78 is 15.4. The van der Waals surface area contributed by atoms with Crippen LogP contribution in [0.25, 0.3) is 0 Å². The van der Waals surface area contributed by atoms with E-state index in [-0.39, 0.29) is 23.8 Å². The van der Waals surface area contributed by atoms with E-state index in [1.807, 2.05) is 6.92 Å². The Morgan fingerprint density at radius 3 is 2.65 bits per heavy atom. The molecule has 2 amide bonds. The molecule has 0 aromatic carbocycles. The Bertz CT molecular complexity index is 840. The summed E-state index contributed by atoms with van der Waals surface area (Å²) >= 11 is 1.19. The van der Waals surface area contributed by atoms with Gasteiger partial charge in [-0.1, -0.05) is 0 Å². The molecule has 0 bridgehead atoms. The van der Waals surface area contributed by atoms with Gasteiger partial charge in [-0.25, -0.2) is 9.97 Å². The number of aryl methyl sites for hydroxylation is 1. The van der Waals surface area contributed by atoms with Gasteiger partial charge < -0.3 is 22.1 Å². The molecule has 2 rings (SSSR count). The highest BCUT2D eigenvalue weighted by Gasteiger charge is 2.20. The molecule has 2 heterocycles. The van der Waals surface area contributed by atoms with Crippen LogP contribution < -0.4 is 22.1 Å². The predicted octanol–water partition coefficient (Wildman–Crippen LogP) is 0.0658. The minimum Gasteiger partial charge on any atom is -0.368 e. The summed E-state index contributed by atoms with van der Waals surface area (Å²) in [6, 6.07) is 1.02. The molecule has 2 unspecified atom stereocenters. The molecule has 0 radical (unpaired) electrons. The maximum absolute atomic E-state index is 11.6. The molecule has 10 nitrogen and oxygen atoms in total. The van der Waals surface area contributed by atoms with Crippen LogP contribution in [-0.2, 0) is 19.8 Å². The van der Waals surface area contributed by atoms with E-state index in [1.54, 1.807) is 12.3 Å². The first-order valence-corrected chi connectivity index (χ1v) is 10.2. The van der Waals surface area contributed by atoms with Gasteiger partial charge in [0.1, 0.15) is 22.6 Å². The summed E-state index contributed by atoms with van der Waals surface area (Å²) in [5, 5.41) is 6.45. The number of rotatable bonds is 9. The van der Waals surface area contributed by atoms with Crippen LogP contribution >= 0.6 is 11.5 Å². The lowest BCUT2D eigenvalue weighted by atomic mass is 10.2. The smallest absolute Gasteiger partial charge is 0.271 e.